The van der Waals surface area contributed by atoms with Crippen molar-refractivity contribution in [2.75, 3.05) is 27.3 Å². The molecule has 1 aromatic rings. The van der Waals surface area contributed by atoms with Gasteiger partial charge in [-0.1, -0.05) is 34.6 Å². The maximum atomic E-state index is 12.9. The molecule has 0 spiro atoms. The number of methoxy groups -OCH3 is 2. The van der Waals surface area contributed by atoms with Crippen LogP contribution in [0.25, 0.3) is 5.31 Å². The van der Waals surface area contributed by atoms with Gasteiger partial charge < -0.3 is 24.6 Å². The number of allylic oxidation sites excluding steroid dienone is 1. The third-order valence-electron chi connectivity index (χ3n) is 5.66. The minimum absolute atomic E-state index is 0.0291. The Labute approximate surface area is 180 Å². The number of ether oxygens (including phenoxy) is 2. The minimum Gasteiger partial charge on any atom is -0.493 e. The Morgan fingerprint density at radius 3 is 2.73 bits per heavy atom. The number of carbonyl (C=O) groups is 1. The number of fused-ring (bicyclic) bond motifs is 1. The molecule has 1 amide bonds. The van der Waals surface area contributed by atoms with Gasteiger partial charge in [-0.15, -0.1) is 0 Å². The Bertz CT molecular complexity index is 909. The van der Waals surface area contributed by atoms with E-state index in [-0.39, 0.29) is 11.7 Å². The summed E-state index contributed by atoms with van der Waals surface area (Å²) in [4.78, 5) is 17.2. The summed E-state index contributed by atoms with van der Waals surface area (Å²) in [6.45, 7) is 6.36. The summed E-state index contributed by atoms with van der Waals surface area (Å²) in [6.07, 6.45) is 9.27. The van der Waals surface area contributed by atoms with E-state index in [9.17, 15) is 4.79 Å². The smallest absolute Gasteiger partial charge is 0.252 e. The fourth-order valence-corrected chi connectivity index (χ4v) is 5.61. The maximum Gasteiger partial charge on any atom is 0.252 e. The number of amides is 1. The fourth-order valence-electron chi connectivity index (χ4n) is 4.23. The molecule has 7 heteroatoms. The van der Waals surface area contributed by atoms with Crippen molar-refractivity contribution in [2.45, 2.75) is 38.1 Å². The summed E-state index contributed by atoms with van der Waals surface area (Å²) >= 11 is 0. The molecule has 160 valence electrons. The predicted octanol–water partition coefficient (Wildman–Crippen LogP) is 3.38. The van der Waals surface area contributed by atoms with Gasteiger partial charge in [-0.25, -0.2) is 0 Å². The van der Waals surface area contributed by atoms with Gasteiger partial charge in [0.15, 0.2) is 11.5 Å². The summed E-state index contributed by atoms with van der Waals surface area (Å²) in [7, 11) is 3.73. The van der Waals surface area contributed by atoms with E-state index in [0.29, 0.717) is 32.2 Å². The van der Waals surface area contributed by atoms with Gasteiger partial charge in [0.2, 0.25) is 0 Å². The van der Waals surface area contributed by atoms with Crippen molar-refractivity contribution >= 4 is 19.8 Å². The van der Waals surface area contributed by atoms with E-state index >= 15 is 0 Å². The highest BCUT2D eigenvalue weighted by molar-refractivity contribution is 7.51. The molecule has 3 atom stereocenters. The molecular weight excluding hydrogens is 397 g/mol. The highest BCUT2D eigenvalue weighted by Gasteiger charge is 2.31. The van der Waals surface area contributed by atoms with Crippen molar-refractivity contribution < 1.29 is 14.3 Å². The van der Waals surface area contributed by atoms with Crippen LogP contribution in [0.2, 0.25) is 0 Å². The molecule has 0 aromatic heterocycles. The van der Waals surface area contributed by atoms with E-state index in [1.807, 2.05) is 29.3 Å². The third-order valence-corrected chi connectivity index (χ3v) is 7.17. The second kappa shape index (κ2) is 8.83. The molecule has 3 heterocycles. The van der Waals surface area contributed by atoms with Crippen LogP contribution in [0.1, 0.15) is 25.8 Å². The quantitative estimate of drug-likeness (QED) is 0.706. The average molecular weight is 427 g/mol. The summed E-state index contributed by atoms with van der Waals surface area (Å²) < 4.78 is 10.8. The topological polar surface area (TPSA) is 54.0 Å². The van der Waals surface area contributed by atoms with E-state index < -0.39 is 0 Å². The first-order chi connectivity index (χ1) is 14.5. The monoisotopic (exact) mass is 427 g/mol. The van der Waals surface area contributed by atoms with E-state index in [1.165, 1.54) is 0 Å². The SMILES string of the molecule is COc1ccc(C2=CC(=O)N3C=C(N4CC[C@H](NC(C)C)C4)C=CC3P2)cc1OC. The number of carbonyl (C=O) groups excluding carboxylic acids is 1. The van der Waals surface area contributed by atoms with Crippen molar-refractivity contribution in [1.82, 2.24) is 15.1 Å². The Morgan fingerprint density at radius 2 is 2.00 bits per heavy atom. The van der Waals surface area contributed by atoms with Crippen LogP contribution in [0, 0.1) is 0 Å². The number of hydrogen-bond acceptors (Lipinski definition) is 5. The largest absolute Gasteiger partial charge is 0.493 e. The summed E-state index contributed by atoms with van der Waals surface area (Å²) in [5, 5.41) is 4.66. The molecular formula is C23H30N3O3P. The highest BCUT2D eigenvalue weighted by Crippen LogP contribution is 2.46. The minimum atomic E-state index is 0.0291. The van der Waals surface area contributed by atoms with Crippen LogP contribution in [0.15, 0.2) is 48.3 Å². The Morgan fingerprint density at radius 1 is 1.20 bits per heavy atom. The molecule has 3 aliphatic heterocycles. The van der Waals surface area contributed by atoms with Crippen LogP contribution < -0.4 is 14.8 Å². The highest BCUT2D eigenvalue weighted by atomic mass is 31.1. The Balaban J connectivity index is 1.50. The zero-order chi connectivity index (χ0) is 21.3. The zero-order valence-electron chi connectivity index (χ0n) is 18.0. The summed E-state index contributed by atoms with van der Waals surface area (Å²) in [5.74, 6) is 1.47. The molecule has 1 aromatic carbocycles. The lowest BCUT2D eigenvalue weighted by atomic mass is 10.1. The van der Waals surface area contributed by atoms with Crippen LogP contribution in [0.5, 0.6) is 11.5 Å². The van der Waals surface area contributed by atoms with Crippen molar-refractivity contribution in [1.29, 1.82) is 0 Å². The van der Waals surface area contributed by atoms with Crippen LogP contribution in [0.3, 0.4) is 0 Å². The maximum absolute atomic E-state index is 12.9. The molecule has 30 heavy (non-hydrogen) atoms. The first kappa shape index (κ1) is 21.0. The molecule has 1 saturated heterocycles. The molecule has 3 aliphatic rings. The lowest BCUT2D eigenvalue weighted by Gasteiger charge is -2.35. The second-order valence-corrected chi connectivity index (χ2v) is 9.55. The van der Waals surface area contributed by atoms with Gasteiger partial charge in [-0.3, -0.25) is 4.79 Å². The third kappa shape index (κ3) is 4.26. The molecule has 6 nitrogen and oxygen atoms in total. The van der Waals surface area contributed by atoms with Crippen LogP contribution in [-0.2, 0) is 4.79 Å². The van der Waals surface area contributed by atoms with E-state index in [1.54, 1.807) is 20.3 Å². The van der Waals surface area contributed by atoms with E-state index in [4.69, 9.17) is 9.47 Å². The first-order valence-corrected chi connectivity index (χ1v) is 11.5. The Hall–Kier alpha value is -2.30. The number of rotatable bonds is 6. The molecule has 0 radical (unpaired) electrons. The number of hydrogen-bond donors (Lipinski definition) is 1. The molecule has 0 bridgehead atoms. The Kier molecular flexibility index (Phi) is 6.16. The second-order valence-electron chi connectivity index (χ2n) is 8.13. The van der Waals surface area contributed by atoms with Gasteiger partial charge >= 0.3 is 0 Å². The zero-order valence-corrected chi connectivity index (χ0v) is 19.0. The van der Waals surface area contributed by atoms with Gasteiger partial charge in [0, 0.05) is 37.4 Å². The number of nitrogens with one attached hydrogen (secondary N) is 1. The van der Waals surface area contributed by atoms with Gasteiger partial charge in [0.05, 0.1) is 25.7 Å². The van der Waals surface area contributed by atoms with E-state index in [0.717, 1.165) is 36.1 Å². The van der Waals surface area contributed by atoms with Gasteiger partial charge in [0.1, 0.15) is 0 Å². The predicted molar refractivity (Wildman–Crippen MR) is 122 cm³/mol. The number of likely N-dealkylation sites (tertiary alicyclic amines) is 1. The molecule has 0 aliphatic carbocycles. The molecule has 4 rings (SSSR count). The van der Waals surface area contributed by atoms with Crippen LogP contribution in [-0.4, -0.2) is 60.9 Å². The first-order valence-electron chi connectivity index (χ1n) is 10.4. The lowest BCUT2D eigenvalue weighted by Crippen LogP contribution is -2.39. The summed E-state index contributed by atoms with van der Waals surface area (Å²) in [5.41, 5.74) is 2.13. The number of nitrogens with zero attached hydrogens (tertiary/aromatic N) is 2. The van der Waals surface area contributed by atoms with Crippen molar-refractivity contribution in [3.8, 4) is 11.5 Å². The van der Waals surface area contributed by atoms with Gasteiger partial charge in [-0.05, 0) is 35.5 Å². The lowest BCUT2D eigenvalue weighted by molar-refractivity contribution is -0.123. The van der Waals surface area contributed by atoms with Gasteiger partial charge in [0.25, 0.3) is 5.91 Å². The van der Waals surface area contributed by atoms with Crippen molar-refractivity contribution in [3.05, 3.63) is 53.9 Å². The van der Waals surface area contributed by atoms with Crippen LogP contribution >= 0.6 is 8.58 Å². The van der Waals surface area contributed by atoms with Crippen LogP contribution in [0.4, 0.5) is 0 Å². The molecule has 0 saturated carbocycles. The number of benzene rings is 1. The average Bonchev–Trinajstić information content (AvgIpc) is 3.20. The molecule has 2 unspecified atom stereocenters. The normalized spacial score (nSPS) is 24.2. The fraction of sp³-hybridized carbons (Fsp3) is 0.435. The van der Waals surface area contributed by atoms with E-state index in [2.05, 4.69) is 36.2 Å². The molecule has 1 fully saturated rings. The summed E-state index contributed by atoms with van der Waals surface area (Å²) in [6, 6.07) is 6.82. The standard InChI is InChI=1S/C23H30N3O3P/c1-15(2)24-17-9-10-25(13-17)18-6-8-23-26(14-18)22(27)12-21(30-23)16-5-7-19(28-3)20(11-16)29-4/h5-8,11-12,14-15,17,23-24,30H,9-10,13H2,1-4H3/t17-,23?/m0/s1. The molecule has 1 N–H and O–H groups in total. The van der Waals surface area contributed by atoms with Crippen molar-refractivity contribution in [2.24, 2.45) is 0 Å². The van der Waals surface area contributed by atoms with Gasteiger partial charge in [-0.2, -0.15) is 0 Å². The van der Waals surface area contributed by atoms with Crippen molar-refractivity contribution in [3.63, 3.8) is 0 Å².